The predicted molar refractivity (Wildman–Crippen MR) is 75.0 cm³/mol. The van der Waals surface area contributed by atoms with Crippen molar-refractivity contribution < 1.29 is 4.79 Å². The molecular weight excluding hydrogens is 224 g/mol. The van der Waals surface area contributed by atoms with Gasteiger partial charge in [-0.25, -0.2) is 0 Å². The molecule has 0 aromatic carbocycles. The maximum atomic E-state index is 12.7. The molecule has 0 aromatic rings. The number of hydrogen-bond donors (Lipinski definition) is 0. The molecule has 0 saturated heterocycles. The molecule has 0 bridgehead atoms. The summed E-state index contributed by atoms with van der Waals surface area (Å²) >= 11 is 0. The van der Waals surface area contributed by atoms with E-state index in [0.29, 0.717) is 12.8 Å². The standard InChI is InChI=1S/C15H28N2O/c1-7-10-15(12-16,11-8-2)13(18)17(6)14(4,5)9-3/h7-11H2,1-6H3. The minimum atomic E-state index is -0.829. The van der Waals surface area contributed by atoms with Crippen LogP contribution >= 0.6 is 0 Å². The van der Waals surface area contributed by atoms with Crippen molar-refractivity contribution >= 4 is 5.91 Å². The van der Waals surface area contributed by atoms with Gasteiger partial charge in [-0.1, -0.05) is 33.6 Å². The second-order valence-electron chi connectivity index (χ2n) is 5.72. The van der Waals surface area contributed by atoms with Crippen LogP contribution in [-0.2, 0) is 4.79 Å². The first-order valence-corrected chi connectivity index (χ1v) is 7.00. The van der Waals surface area contributed by atoms with Crippen LogP contribution in [0.1, 0.15) is 66.7 Å². The number of rotatable bonds is 7. The molecule has 0 unspecified atom stereocenters. The molecule has 18 heavy (non-hydrogen) atoms. The molecule has 0 fully saturated rings. The Morgan fingerprint density at radius 3 is 1.89 bits per heavy atom. The van der Waals surface area contributed by atoms with Gasteiger partial charge in [-0.2, -0.15) is 5.26 Å². The summed E-state index contributed by atoms with van der Waals surface area (Å²) in [6, 6.07) is 2.30. The van der Waals surface area contributed by atoms with Gasteiger partial charge in [-0.3, -0.25) is 4.79 Å². The summed E-state index contributed by atoms with van der Waals surface area (Å²) in [7, 11) is 1.82. The second kappa shape index (κ2) is 6.78. The number of nitriles is 1. The quantitative estimate of drug-likeness (QED) is 0.692. The summed E-state index contributed by atoms with van der Waals surface area (Å²) in [5.74, 6) is -0.0134. The summed E-state index contributed by atoms with van der Waals surface area (Å²) in [5.41, 5.74) is -1.02. The van der Waals surface area contributed by atoms with Gasteiger partial charge in [0.05, 0.1) is 6.07 Å². The van der Waals surface area contributed by atoms with Crippen LogP contribution in [0.2, 0.25) is 0 Å². The van der Waals surface area contributed by atoms with Crippen LogP contribution < -0.4 is 0 Å². The molecule has 0 heterocycles. The van der Waals surface area contributed by atoms with E-state index in [-0.39, 0.29) is 11.4 Å². The fraction of sp³-hybridized carbons (Fsp3) is 0.867. The van der Waals surface area contributed by atoms with E-state index in [9.17, 15) is 10.1 Å². The van der Waals surface area contributed by atoms with Crippen LogP contribution in [0.15, 0.2) is 0 Å². The number of nitrogens with zero attached hydrogens (tertiary/aromatic N) is 2. The zero-order valence-electron chi connectivity index (χ0n) is 12.8. The Kier molecular flexibility index (Phi) is 6.38. The Bertz CT molecular complexity index is 309. The normalized spacial score (nSPS) is 12.1. The lowest BCUT2D eigenvalue weighted by Crippen LogP contribution is -2.51. The minimum Gasteiger partial charge on any atom is -0.339 e. The van der Waals surface area contributed by atoms with Gasteiger partial charge >= 0.3 is 0 Å². The van der Waals surface area contributed by atoms with Crippen molar-refractivity contribution in [3.63, 3.8) is 0 Å². The maximum Gasteiger partial charge on any atom is 0.243 e. The van der Waals surface area contributed by atoms with Gasteiger partial charge < -0.3 is 4.90 Å². The monoisotopic (exact) mass is 252 g/mol. The molecule has 1 amide bonds. The van der Waals surface area contributed by atoms with E-state index in [2.05, 4.69) is 13.0 Å². The van der Waals surface area contributed by atoms with Crippen LogP contribution in [0.25, 0.3) is 0 Å². The van der Waals surface area contributed by atoms with E-state index in [1.807, 2.05) is 34.7 Å². The molecule has 0 radical (unpaired) electrons. The van der Waals surface area contributed by atoms with E-state index in [4.69, 9.17) is 0 Å². The fourth-order valence-electron chi connectivity index (χ4n) is 2.19. The number of carbonyl (C=O) groups is 1. The van der Waals surface area contributed by atoms with Crippen molar-refractivity contribution in [2.45, 2.75) is 72.3 Å². The first-order chi connectivity index (χ1) is 8.31. The molecule has 0 spiro atoms. The Labute approximate surface area is 112 Å². The van der Waals surface area contributed by atoms with Gasteiger partial charge in [-0.15, -0.1) is 0 Å². The first kappa shape index (κ1) is 17.0. The maximum absolute atomic E-state index is 12.7. The summed E-state index contributed by atoms with van der Waals surface area (Å²) in [6.07, 6.45) is 3.91. The Balaban J connectivity index is 5.26. The van der Waals surface area contributed by atoms with Gasteiger partial charge in [0.25, 0.3) is 0 Å². The van der Waals surface area contributed by atoms with Crippen LogP contribution in [0, 0.1) is 16.7 Å². The largest absolute Gasteiger partial charge is 0.339 e. The van der Waals surface area contributed by atoms with Crippen molar-refractivity contribution in [3.8, 4) is 6.07 Å². The average Bonchev–Trinajstić information content (AvgIpc) is 2.36. The summed E-state index contributed by atoms with van der Waals surface area (Å²) in [6.45, 7) is 10.2. The third-order valence-corrected chi connectivity index (χ3v) is 4.05. The molecule has 0 N–H and O–H groups in total. The minimum absolute atomic E-state index is 0.0134. The van der Waals surface area contributed by atoms with Gasteiger partial charge in [0.15, 0.2) is 0 Å². The zero-order valence-corrected chi connectivity index (χ0v) is 12.8. The lowest BCUT2D eigenvalue weighted by Gasteiger charge is -2.39. The highest BCUT2D eigenvalue weighted by Crippen LogP contribution is 2.33. The predicted octanol–water partition coefficient (Wildman–Crippen LogP) is 3.74. The highest BCUT2D eigenvalue weighted by atomic mass is 16.2. The van der Waals surface area contributed by atoms with Crippen molar-refractivity contribution in [1.82, 2.24) is 4.90 Å². The number of hydrogen-bond acceptors (Lipinski definition) is 2. The second-order valence-corrected chi connectivity index (χ2v) is 5.72. The van der Waals surface area contributed by atoms with E-state index in [0.717, 1.165) is 19.3 Å². The van der Waals surface area contributed by atoms with Crippen molar-refractivity contribution in [1.29, 1.82) is 5.26 Å². The molecule has 0 rings (SSSR count). The lowest BCUT2D eigenvalue weighted by molar-refractivity contribution is -0.143. The number of carbonyl (C=O) groups excluding carboxylic acids is 1. The number of amides is 1. The van der Waals surface area contributed by atoms with Gasteiger partial charge in [0.1, 0.15) is 5.41 Å². The Hall–Kier alpha value is -1.04. The van der Waals surface area contributed by atoms with Gasteiger partial charge in [0.2, 0.25) is 5.91 Å². The topological polar surface area (TPSA) is 44.1 Å². The van der Waals surface area contributed by atoms with Gasteiger partial charge in [0, 0.05) is 12.6 Å². The summed E-state index contributed by atoms with van der Waals surface area (Å²) in [5, 5.41) is 9.50. The van der Waals surface area contributed by atoms with Crippen molar-refractivity contribution in [2.24, 2.45) is 5.41 Å². The smallest absolute Gasteiger partial charge is 0.243 e. The molecule has 0 aromatic heterocycles. The Morgan fingerprint density at radius 2 is 1.61 bits per heavy atom. The SMILES string of the molecule is CCCC(C#N)(CCC)C(=O)N(C)C(C)(C)CC. The van der Waals surface area contributed by atoms with Crippen LogP contribution in [-0.4, -0.2) is 23.4 Å². The highest BCUT2D eigenvalue weighted by molar-refractivity contribution is 5.85. The summed E-state index contributed by atoms with van der Waals surface area (Å²) < 4.78 is 0. The van der Waals surface area contributed by atoms with E-state index in [1.54, 1.807) is 4.90 Å². The third-order valence-electron chi connectivity index (χ3n) is 4.05. The molecule has 0 aliphatic heterocycles. The highest BCUT2D eigenvalue weighted by Gasteiger charge is 2.42. The molecular formula is C15H28N2O. The first-order valence-electron chi connectivity index (χ1n) is 7.00. The average molecular weight is 252 g/mol. The lowest BCUT2D eigenvalue weighted by atomic mass is 9.78. The zero-order chi connectivity index (χ0) is 14.4. The van der Waals surface area contributed by atoms with E-state index in [1.165, 1.54) is 0 Å². The fourth-order valence-corrected chi connectivity index (χ4v) is 2.19. The van der Waals surface area contributed by atoms with E-state index >= 15 is 0 Å². The van der Waals surface area contributed by atoms with Crippen molar-refractivity contribution in [3.05, 3.63) is 0 Å². The molecule has 0 atom stereocenters. The summed E-state index contributed by atoms with van der Waals surface area (Å²) in [4.78, 5) is 14.5. The third kappa shape index (κ3) is 3.48. The Morgan fingerprint density at radius 1 is 1.17 bits per heavy atom. The van der Waals surface area contributed by atoms with Crippen LogP contribution in [0.3, 0.4) is 0 Å². The van der Waals surface area contributed by atoms with Crippen molar-refractivity contribution in [2.75, 3.05) is 7.05 Å². The molecule has 0 aliphatic carbocycles. The van der Waals surface area contributed by atoms with Gasteiger partial charge in [-0.05, 0) is 33.1 Å². The molecule has 104 valence electrons. The molecule has 0 saturated carbocycles. The molecule has 0 aliphatic rings. The van der Waals surface area contributed by atoms with E-state index < -0.39 is 5.41 Å². The van der Waals surface area contributed by atoms with Crippen LogP contribution in [0.5, 0.6) is 0 Å². The molecule has 3 heteroatoms. The molecule has 3 nitrogen and oxygen atoms in total. The van der Waals surface area contributed by atoms with Crippen LogP contribution in [0.4, 0.5) is 0 Å².